The van der Waals surface area contributed by atoms with Gasteiger partial charge in [-0.2, -0.15) is 0 Å². The summed E-state index contributed by atoms with van der Waals surface area (Å²) in [5, 5.41) is 8.90. The fourth-order valence-corrected chi connectivity index (χ4v) is 4.04. The van der Waals surface area contributed by atoms with E-state index in [1.807, 2.05) is 95.6 Å². The SMILES string of the molecule is O=C(O)CCCCCn1c(-c2ccccc2)c(-c2ccccc2)n(-c2ccccc2)c1=O. The average Bonchev–Trinajstić information content (AvgIpc) is 3.12. The smallest absolute Gasteiger partial charge is 0.333 e. The van der Waals surface area contributed by atoms with Crippen molar-refractivity contribution in [3.8, 4) is 28.2 Å². The number of benzene rings is 3. The third-order valence-electron chi connectivity index (χ3n) is 5.52. The van der Waals surface area contributed by atoms with Crippen LogP contribution in [0.25, 0.3) is 28.2 Å². The number of nitrogens with zero attached hydrogens (tertiary/aromatic N) is 2. The van der Waals surface area contributed by atoms with E-state index in [9.17, 15) is 9.59 Å². The maximum Gasteiger partial charge on any atom is 0.333 e. The Bertz CT molecular complexity index is 1230. The molecule has 0 aliphatic carbocycles. The lowest BCUT2D eigenvalue weighted by molar-refractivity contribution is -0.137. The van der Waals surface area contributed by atoms with Crippen molar-refractivity contribution in [1.29, 1.82) is 0 Å². The molecule has 1 N–H and O–H groups in total. The minimum absolute atomic E-state index is 0.0906. The summed E-state index contributed by atoms with van der Waals surface area (Å²) in [7, 11) is 0. The van der Waals surface area contributed by atoms with Gasteiger partial charge < -0.3 is 5.11 Å². The summed E-state index contributed by atoms with van der Waals surface area (Å²) in [5.74, 6) is -0.784. The lowest BCUT2D eigenvalue weighted by Gasteiger charge is -2.12. The Morgan fingerprint density at radius 1 is 0.688 bits per heavy atom. The van der Waals surface area contributed by atoms with Crippen LogP contribution in [-0.4, -0.2) is 20.2 Å². The van der Waals surface area contributed by atoms with Crippen LogP contribution in [0.15, 0.2) is 95.8 Å². The normalized spacial score (nSPS) is 10.9. The summed E-state index contributed by atoms with van der Waals surface area (Å²) in [6.45, 7) is 0.530. The van der Waals surface area contributed by atoms with Crippen molar-refractivity contribution in [3.63, 3.8) is 0 Å². The molecule has 3 aromatic carbocycles. The van der Waals surface area contributed by atoms with Crippen molar-refractivity contribution in [2.75, 3.05) is 0 Å². The Balaban J connectivity index is 1.88. The largest absolute Gasteiger partial charge is 0.481 e. The van der Waals surface area contributed by atoms with Gasteiger partial charge >= 0.3 is 11.7 Å². The van der Waals surface area contributed by atoms with E-state index in [1.165, 1.54) is 0 Å². The molecule has 4 aromatic rings. The zero-order valence-electron chi connectivity index (χ0n) is 17.9. The zero-order chi connectivity index (χ0) is 22.3. The van der Waals surface area contributed by atoms with Crippen molar-refractivity contribution in [3.05, 3.63) is 101 Å². The number of hydrogen-bond acceptors (Lipinski definition) is 2. The number of aromatic nitrogens is 2. The summed E-state index contributed by atoms with van der Waals surface area (Å²) >= 11 is 0. The average molecular weight is 427 g/mol. The van der Waals surface area contributed by atoms with Crippen molar-refractivity contribution in [2.45, 2.75) is 32.2 Å². The van der Waals surface area contributed by atoms with E-state index in [2.05, 4.69) is 0 Å². The molecule has 0 radical (unpaired) electrons. The van der Waals surface area contributed by atoms with Crippen LogP contribution in [0.1, 0.15) is 25.7 Å². The lowest BCUT2D eigenvalue weighted by Crippen LogP contribution is -2.24. The molecule has 0 unspecified atom stereocenters. The molecule has 4 rings (SSSR count). The van der Waals surface area contributed by atoms with Crippen LogP contribution < -0.4 is 5.69 Å². The second kappa shape index (κ2) is 9.96. The van der Waals surface area contributed by atoms with Crippen molar-refractivity contribution in [2.24, 2.45) is 0 Å². The van der Waals surface area contributed by atoms with Crippen molar-refractivity contribution >= 4 is 5.97 Å². The molecule has 0 amide bonds. The van der Waals surface area contributed by atoms with E-state index in [1.54, 1.807) is 4.57 Å². The standard InChI is InChI=1S/C27H26N2O3/c30-24(31)19-11-4-12-20-28-25(21-13-5-1-6-14-21)26(22-15-7-2-8-16-22)29(27(28)32)23-17-9-3-10-18-23/h1-3,5-10,13-18H,4,11-12,19-20H2,(H,30,31). The molecule has 5 heteroatoms. The molecule has 0 bridgehead atoms. The number of rotatable bonds is 9. The first kappa shape index (κ1) is 21.4. The summed E-state index contributed by atoms with van der Waals surface area (Å²) < 4.78 is 3.63. The van der Waals surface area contributed by atoms with Crippen LogP contribution in [0.2, 0.25) is 0 Å². The Hall–Kier alpha value is -3.86. The second-order valence-electron chi connectivity index (χ2n) is 7.74. The topological polar surface area (TPSA) is 64.2 Å². The highest BCUT2D eigenvalue weighted by Crippen LogP contribution is 2.33. The molecule has 0 fully saturated rings. The van der Waals surface area contributed by atoms with Gasteiger partial charge in [0, 0.05) is 24.1 Å². The molecule has 32 heavy (non-hydrogen) atoms. The van der Waals surface area contributed by atoms with Gasteiger partial charge in [0.1, 0.15) is 0 Å². The van der Waals surface area contributed by atoms with Gasteiger partial charge in [-0.3, -0.25) is 13.9 Å². The predicted molar refractivity (Wildman–Crippen MR) is 127 cm³/mol. The van der Waals surface area contributed by atoms with Gasteiger partial charge in [0.15, 0.2) is 0 Å². The molecule has 0 atom stereocenters. The zero-order valence-corrected chi connectivity index (χ0v) is 17.9. The number of aliphatic carboxylic acids is 1. The molecule has 5 nitrogen and oxygen atoms in total. The summed E-state index contributed by atoms with van der Waals surface area (Å²) in [6.07, 6.45) is 2.25. The van der Waals surface area contributed by atoms with Crippen molar-refractivity contribution in [1.82, 2.24) is 9.13 Å². The maximum atomic E-state index is 13.8. The third-order valence-corrected chi connectivity index (χ3v) is 5.52. The predicted octanol–water partition coefficient (Wildman–Crippen LogP) is 5.62. The summed E-state index contributed by atoms with van der Waals surface area (Å²) in [4.78, 5) is 24.6. The van der Waals surface area contributed by atoms with E-state index >= 15 is 0 Å². The van der Waals surface area contributed by atoms with E-state index in [0.717, 1.165) is 41.0 Å². The van der Waals surface area contributed by atoms with Crippen LogP contribution in [0, 0.1) is 0 Å². The fraction of sp³-hybridized carbons (Fsp3) is 0.185. The van der Waals surface area contributed by atoms with E-state index in [4.69, 9.17) is 5.11 Å². The van der Waals surface area contributed by atoms with Gasteiger partial charge in [-0.25, -0.2) is 4.79 Å². The van der Waals surface area contributed by atoms with Crippen LogP contribution >= 0.6 is 0 Å². The summed E-state index contributed by atoms with van der Waals surface area (Å²) in [6, 6.07) is 29.6. The second-order valence-corrected chi connectivity index (χ2v) is 7.74. The number of carboxylic acid groups (broad SMARTS) is 1. The van der Waals surface area contributed by atoms with Gasteiger partial charge in [0.25, 0.3) is 0 Å². The molecule has 0 saturated carbocycles. The molecule has 162 valence electrons. The van der Waals surface area contributed by atoms with Crippen molar-refractivity contribution < 1.29 is 9.90 Å². The highest BCUT2D eigenvalue weighted by Gasteiger charge is 2.23. The van der Waals surface area contributed by atoms with Crippen LogP contribution in [0.4, 0.5) is 0 Å². The molecular formula is C27H26N2O3. The van der Waals surface area contributed by atoms with Gasteiger partial charge in [-0.1, -0.05) is 85.3 Å². The number of para-hydroxylation sites is 1. The lowest BCUT2D eigenvalue weighted by atomic mass is 10.0. The first-order valence-electron chi connectivity index (χ1n) is 10.9. The first-order valence-corrected chi connectivity index (χ1v) is 10.9. The van der Waals surface area contributed by atoms with E-state index < -0.39 is 5.97 Å². The van der Waals surface area contributed by atoms with E-state index in [-0.39, 0.29) is 12.1 Å². The van der Waals surface area contributed by atoms with Crippen LogP contribution in [0.3, 0.4) is 0 Å². The molecule has 0 aliphatic heterocycles. The minimum Gasteiger partial charge on any atom is -0.481 e. The number of hydrogen-bond donors (Lipinski definition) is 1. The number of carboxylic acids is 1. The van der Waals surface area contributed by atoms with Crippen LogP contribution in [0.5, 0.6) is 0 Å². The van der Waals surface area contributed by atoms with Gasteiger partial charge in [0.2, 0.25) is 0 Å². The van der Waals surface area contributed by atoms with E-state index in [0.29, 0.717) is 13.0 Å². The molecule has 0 spiro atoms. The molecule has 1 aromatic heterocycles. The fourth-order valence-electron chi connectivity index (χ4n) is 4.04. The number of unbranched alkanes of at least 4 members (excludes halogenated alkanes) is 2. The highest BCUT2D eigenvalue weighted by molar-refractivity contribution is 5.80. The number of carbonyl (C=O) groups is 1. The maximum absolute atomic E-state index is 13.8. The third kappa shape index (κ3) is 4.57. The van der Waals surface area contributed by atoms with Gasteiger partial charge in [-0.05, 0) is 25.0 Å². The Labute approximate surface area is 187 Å². The van der Waals surface area contributed by atoms with Gasteiger partial charge in [0.05, 0.1) is 17.1 Å². The molecule has 1 heterocycles. The Morgan fingerprint density at radius 3 is 1.78 bits per heavy atom. The summed E-state index contributed by atoms with van der Waals surface area (Å²) in [5.41, 5.74) is 4.41. The van der Waals surface area contributed by atoms with Gasteiger partial charge in [-0.15, -0.1) is 0 Å². The highest BCUT2D eigenvalue weighted by atomic mass is 16.4. The Morgan fingerprint density at radius 2 is 1.22 bits per heavy atom. The quantitative estimate of drug-likeness (QED) is 0.353. The number of imidazole rings is 1. The molecule has 0 saturated heterocycles. The molecular weight excluding hydrogens is 400 g/mol. The molecule has 0 aliphatic rings. The minimum atomic E-state index is -0.784. The van der Waals surface area contributed by atoms with Crippen LogP contribution in [-0.2, 0) is 11.3 Å². The monoisotopic (exact) mass is 426 g/mol. The first-order chi connectivity index (χ1) is 15.7. The Kier molecular flexibility index (Phi) is 6.66.